The lowest BCUT2D eigenvalue weighted by molar-refractivity contribution is -0.127. The van der Waals surface area contributed by atoms with Crippen LogP contribution in [-0.4, -0.2) is 54.2 Å². The van der Waals surface area contributed by atoms with Gasteiger partial charge in [0.1, 0.15) is 11.7 Å². The van der Waals surface area contributed by atoms with E-state index in [1.807, 2.05) is 12.4 Å². The zero-order valence-electron chi connectivity index (χ0n) is 24.7. The first-order valence-corrected chi connectivity index (χ1v) is 14.4. The summed E-state index contributed by atoms with van der Waals surface area (Å²) in [6, 6.07) is 7.95. The summed E-state index contributed by atoms with van der Waals surface area (Å²) in [5.41, 5.74) is 12.7. The molecule has 0 saturated heterocycles. The second-order valence-electron chi connectivity index (χ2n) is 12.8. The molecule has 1 aromatic carbocycles. The molecule has 9 nitrogen and oxygen atoms in total. The lowest BCUT2D eigenvalue weighted by Crippen LogP contribution is -2.55. The number of imidazole rings is 1. The molecule has 0 radical (unpaired) electrons. The quantitative estimate of drug-likeness (QED) is 0.510. The van der Waals surface area contributed by atoms with Crippen LogP contribution in [0.25, 0.3) is 0 Å². The van der Waals surface area contributed by atoms with Crippen LogP contribution < -0.4 is 11.1 Å². The van der Waals surface area contributed by atoms with E-state index in [4.69, 9.17) is 10.7 Å². The van der Waals surface area contributed by atoms with Gasteiger partial charge < -0.3 is 20.5 Å². The summed E-state index contributed by atoms with van der Waals surface area (Å²) in [5.74, 6) is -0.316. The second-order valence-corrected chi connectivity index (χ2v) is 12.8. The lowest BCUT2D eigenvalue weighted by Gasteiger charge is -2.36. The number of carbonyl (C=O) groups is 2. The van der Waals surface area contributed by atoms with E-state index in [0.717, 1.165) is 42.8 Å². The first kappa shape index (κ1) is 28.1. The highest BCUT2D eigenvalue weighted by atomic mass is 16.2. The van der Waals surface area contributed by atoms with E-state index in [-0.39, 0.29) is 29.3 Å². The van der Waals surface area contributed by atoms with E-state index < -0.39 is 6.04 Å². The van der Waals surface area contributed by atoms with Gasteiger partial charge in [0.05, 0.1) is 30.0 Å². The van der Waals surface area contributed by atoms with Crippen LogP contribution in [0.3, 0.4) is 0 Å². The van der Waals surface area contributed by atoms with Crippen LogP contribution in [0, 0.1) is 13.8 Å². The predicted octanol–water partition coefficient (Wildman–Crippen LogP) is 3.53. The van der Waals surface area contributed by atoms with Crippen LogP contribution in [0.4, 0.5) is 0 Å². The molecule has 3 aromatic rings. The molecule has 2 amide bonds. The Bertz CT molecular complexity index is 1410. The number of nitrogens with one attached hydrogen (secondary N) is 1. The molecule has 1 aliphatic heterocycles. The highest BCUT2D eigenvalue weighted by Crippen LogP contribution is 2.28. The minimum Gasteiger partial charge on any atom is -0.352 e. The molecule has 1 atom stereocenters. The average molecular weight is 546 g/mol. The minimum atomic E-state index is -0.646. The van der Waals surface area contributed by atoms with E-state index >= 15 is 0 Å². The van der Waals surface area contributed by atoms with E-state index in [1.54, 1.807) is 16.6 Å². The third kappa shape index (κ3) is 5.70. The summed E-state index contributed by atoms with van der Waals surface area (Å²) in [6.07, 6.45) is 5.74. The highest BCUT2D eigenvalue weighted by molar-refractivity contribution is 5.97. The normalized spacial score (nSPS) is 21.3. The molecule has 9 heteroatoms. The number of hydrogen-bond acceptors (Lipinski definition) is 5. The van der Waals surface area contributed by atoms with Crippen LogP contribution in [-0.2, 0) is 36.8 Å². The fourth-order valence-corrected chi connectivity index (χ4v) is 5.85. The molecule has 214 valence electrons. The van der Waals surface area contributed by atoms with Crippen molar-refractivity contribution in [2.75, 3.05) is 0 Å². The number of aromatic nitrogens is 4. The number of rotatable bonds is 5. The maximum Gasteiger partial charge on any atom is 0.273 e. The number of hydrogen-bond donors (Lipinski definition) is 2. The average Bonchev–Trinajstić information content (AvgIpc) is 3.49. The Labute approximate surface area is 237 Å². The van der Waals surface area contributed by atoms with Crippen molar-refractivity contribution in [3.8, 4) is 0 Å². The van der Waals surface area contributed by atoms with Crippen molar-refractivity contribution < 1.29 is 9.59 Å². The molecule has 1 saturated carbocycles. The zero-order valence-corrected chi connectivity index (χ0v) is 24.7. The van der Waals surface area contributed by atoms with Crippen LogP contribution in [0.1, 0.15) is 90.7 Å². The van der Waals surface area contributed by atoms with Gasteiger partial charge in [0.15, 0.2) is 0 Å². The maximum absolute atomic E-state index is 14.1. The first-order chi connectivity index (χ1) is 18.9. The SMILES string of the molecule is Cc1ccc(C)c(Cn2cnc3c2CN(C(=O)c2cc(C(C)(C)C)nn2C)C(C(=O)NC2CCC(N)CC2)C3)c1. The van der Waals surface area contributed by atoms with Gasteiger partial charge in [-0.25, -0.2) is 4.98 Å². The fraction of sp³-hybridized carbons (Fsp3) is 0.548. The molecule has 3 N–H and O–H groups in total. The summed E-state index contributed by atoms with van der Waals surface area (Å²) in [7, 11) is 1.79. The van der Waals surface area contributed by atoms with Crippen molar-refractivity contribution >= 4 is 11.8 Å². The number of fused-ring (bicyclic) bond motifs is 1. The molecule has 3 heterocycles. The standard InChI is InChI=1S/C31H43N7O2/c1-19-7-8-20(2)21(13-19)16-37-18-33-24-14-25(29(39)34-23-11-9-22(32)10-12-23)38(17-27(24)37)30(40)26-15-28(31(3,4)5)35-36(26)6/h7-8,13,15,18,22-23,25H,9-12,14,16-17,32H2,1-6H3,(H,34,39). The Hall–Kier alpha value is -3.46. The third-order valence-electron chi connectivity index (χ3n) is 8.51. The number of nitrogens with two attached hydrogens (primary N) is 1. The zero-order chi connectivity index (χ0) is 28.8. The van der Waals surface area contributed by atoms with Gasteiger partial charge in [-0.15, -0.1) is 0 Å². The Morgan fingerprint density at radius 1 is 1.10 bits per heavy atom. The number of benzene rings is 1. The van der Waals surface area contributed by atoms with Crippen molar-refractivity contribution in [1.82, 2.24) is 29.5 Å². The number of nitrogens with zero attached hydrogens (tertiary/aromatic N) is 5. The van der Waals surface area contributed by atoms with Gasteiger partial charge in [0.2, 0.25) is 5.91 Å². The van der Waals surface area contributed by atoms with Crippen LogP contribution >= 0.6 is 0 Å². The first-order valence-electron chi connectivity index (χ1n) is 14.4. The Kier molecular flexibility index (Phi) is 7.61. The van der Waals surface area contributed by atoms with Crippen LogP contribution in [0.5, 0.6) is 0 Å². The molecule has 1 aliphatic carbocycles. The maximum atomic E-state index is 14.1. The Morgan fingerprint density at radius 3 is 2.50 bits per heavy atom. The summed E-state index contributed by atoms with van der Waals surface area (Å²) in [4.78, 5) is 34.3. The number of carbonyl (C=O) groups excluding carboxylic acids is 2. The summed E-state index contributed by atoms with van der Waals surface area (Å²) in [5, 5.41) is 7.87. The highest BCUT2D eigenvalue weighted by Gasteiger charge is 2.39. The molecule has 1 fully saturated rings. The number of aryl methyl sites for hydroxylation is 3. The topological polar surface area (TPSA) is 111 Å². The summed E-state index contributed by atoms with van der Waals surface area (Å²) in [6.45, 7) is 11.4. The van der Waals surface area contributed by atoms with E-state index in [9.17, 15) is 9.59 Å². The molecule has 2 aromatic heterocycles. The summed E-state index contributed by atoms with van der Waals surface area (Å²) >= 11 is 0. The predicted molar refractivity (Wildman–Crippen MR) is 155 cm³/mol. The van der Waals surface area contributed by atoms with Crippen LogP contribution in [0.2, 0.25) is 0 Å². The van der Waals surface area contributed by atoms with Crippen molar-refractivity contribution in [2.24, 2.45) is 12.8 Å². The van der Waals surface area contributed by atoms with Crippen molar-refractivity contribution in [1.29, 1.82) is 0 Å². The van der Waals surface area contributed by atoms with Gasteiger partial charge >= 0.3 is 0 Å². The van der Waals surface area contributed by atoms with Gasteiger partial charge in [0, 0.05) is 37.5 Å². The van der Waals surface area contributed by atoms with E-state index in [2.05, 4.69) is 67.8 Å². The van der Waals surface area contributed by atoms with Gasteiger partial charge in [-0.05, 0) is 56.7 Å². The van der Waals surface area contributed by atoms with Gasteiger partial charge in [-0.3, -0.25) is 14.3 Å². The van der Waals surface area contributed by atoms with Gasteiger partial charge in [0.25, 0.3) is 5.91 Å². The molecule has 0 bridgehead atoms. The van der Waals surface area contributed by atoms with Crippen LogP contribution in [0.15, 0.2) is 30.6 Å². The minimum absolute atomic E-state index is 0.0803. The smallest absolute Gasteiger partial charge is 0.273 e. The molecule has 1 unspecified atom stereocenters. The van der Waals surface area contributed by atoms with E-state index in [0.29, 0.717) is 25.2 Å². The van der Waals surface area contributed by atoms with Crippen molar-refractivity contribution in [2.45, 2.75) is 103 Å². The molecule has 5 rings (SSSR count). The second kappa shape index (κ2) is 10.8. The Morgan fingerprint density at radius 2 is 1.82 bits per heavy atom. The molecular weight excluding hydrogens is 502 g/mol. The number of amides is 2. The summed E-state index contributed by atoms with van der Waals surface area (Å²) < 4.78 is 3.77. The molecular formula is C31H43N7O2. The van der Waals surface area contributed by atoms with Gasteiger partial charge in [-0.2, -0.15) is 5.10 Å². The Balaban J connectivity index is 1.47. The van der Waals surface area contributed by atoms with Crippen molar-refractivity contribution in [3.63, 3.8) is 0 Å². The molecule has 0 spiro atoms. The lowest BCUT2D eigenvalue weighted by atomic mass is 9.91. The fourth-order valence-electron chi connectivity index (χ4n) is 5.85. The van der Waals surface area contributed by atoms with Gasteiger partial charge in [-0.1, -0.05) is 44.5 Å². The van der Waals surface area contributed by atoms with Crippen molar-refractivity contribution in [3.05, 3.63) is 70.1 Å². The monoisotopic (exact) mass is 545 g/mol. The third-order valence-corrected chi connectivity index (χ3v) is 8.51. The van der Waals surface area contributed by atoms with E-state index in [1.165, 1.54) is 16.7 Å². The molecule has 40 heavy (non-hydrogen) atoms. The molecule has 2 aliphatic rings. The largest absolute Gasteiger partial charge is 0.352 e.